The number of aromatic nitrogens is 1. The van der Waals surface area contributed by atoms with Crippen molar-refractivity contribution in [3.63, 3.8) is 0 Å². The Morgan fingerprint density at radius 3 is 2.59 bits per heavy atom. The minimum absolute atomic E-state index is 0.310. The van der Waals surface area contributed by atoms with E-state index in [1.54, 1.807) is 24.3 Å². The molecule has 0 aliphatic carbocycles. The molecule has 3 amide bonds. The van der Waals surface area contributed by atoms with Gasteiger partial charge in [0, 0.05) is 16.5 Å². The maximum atomic E-state index is 13.2. The topological polar surface area (TPSA) is 146 Å². The Balaban J connectivity index is 1.40. The predicted octanol–water partition coefficient (Wildman–Crippen LogP) is 2.27. The molecule has 190 valence electrons. The van der Waals surface area contributed by atoms with Gasteiger partial charge in [-0.2, -0.15) is 0 Å². The van der Waals surface area contributed by atoms with E-state index < -0.39 is 53.1 Å². The maximum Gasteiger partial charge on any atom is 0.323 e. The third-order valence-electron chi connectivity index (χ3n) is 5.92. The van der Waals surface area contributed by atoms with Crippen molar-refractivity contribution in [1.29, 1.82) is 0 Å². The Bertz CT molecular complexity index is 1470. The highest BCUT2D eigenvalue weighted by molar-refractivity contribution is 8.00. The Morgan fingerprint density at radius 1 is 1.11 bits per heavy atom. The molecule has 1 aromatic heterocycles. The molecule has 3 heterocycles. The first-order valence-electron chi connectivity index (χ1n) is 11.0. The third kappa shape index (κ3) is 4.87. The number of H-pyrrole nitrogens is 1. The molecule has 0 unspecified atom stereocenters. The summed E-state index contributed by atoms with van der Waals surface area (Å²) in [4.78, 5) is 65.5. The Labute approximate surface area is 216 Å². The lowest BCUT2D eigenvalue weighted by Crippen LogP contribution is -2.36. The normalized spacial score (nSPS) is 20.4. The van der Waals surface area contributed by atoms with Crippen LogP contribution in [0.25, 0.3) is 0 Å². The van der Waals surface area contributed by atoms with E-state index in [0.29, 0.717) is 26.9 Å². The van der Waals surface area contributed by atoms with E-state index >= 15 is 0 Å². The third-order valence-corrected chi connectivity index (χ3v) is 8.32. The lowest BCUT2D eigenvalue weighted by atomic mass is 9.83. The maximum absolute atomic E-state index is 13.2. The quantitative estimate of drug-likeness (QED) is 0.385. The lowest BCUT2D eigenvalue weighted by molar-refractivity contribution is -0.149. The van der Waals surface area contributed by atoms with Crippen molar-refractivity contribution in [1.82, 2.24) is 9.88 Å². The van der Waals surface area contributed by atoms with Crippen LogP contribution in [0.15, 0.2) is 58.4 Å². The second-order valence-corrected chi connectivity index (χ2v) is 10.5. The number of rotatable bonds is 7. The summed E-state index contributed by atoms with van der Waals surface area (Å²) in [6.45, 7) is -1.09. The number of carbonyl (C=O) groups excluding carboxylic acids is 3. The molecule has 2 aliphatic heterocycles. The van der Waals surface area contributed by atoms with E-state index in [2.05, 4.69) is 10.3 Å². The minimum Gasteiger partial charge on any atom is -0.484 e. The van der Waals surface area contributed by atoms with Crippen LogP contribution in [0.1, 0.15) is 16.4 Å². The first-order valence-corrected chi connectivity index (χ1v) is 12.7. The zero-order valence-electron chi connectivity index (χ0n) is 18.8. The van der Waals surface area contributed by atoms with Crippen molar-refractivity contribution in [2.24, 2.45) is 5.92 Å². The number of fused-ring (bicyclic) bond motifs is 2. The number of benzene rings is 2. The molecule has 37 heavy (non-hydrogen) atoms. The molecule has 5 rings (SSSR count). The number of aromatic amines is 1. The number of hydrogen-bond acceptors (Lipinski definition) is 8. The van der Waals surface area contributed by atoms with Crippen LogP contribution in [-0.4, -0.2) is 57.1 Å². The highest BCUT2D eigenvalue weighted by Gasteiger charge is 2.56. The number of amides is 3. The number of carbonyl (C=O) groups is 4. The summed E-state index contributed by atoms with van der Waals surface area (Å²) in [6.07, 6.45) is 0. The van der Waals surface area contributed by atoms with E-state index in [-0.39, 0.29) is 11.5 Å². The summed E-state index contributed by atoms with van der Waals surface area (Å²) in [7, 11) is 0. The van der Waals surface area contributed by atoms with Crippen molar-refractivity contribution >= 4 is 52.5 Å². The smallest absolute Gasteiger partial charge is 0.323 e. The molecule has 0 bridgehead atoms. The molecule has 3 atom stereocenters. The standard InChI is InChI=1S/C24H18FN3O7S2/c25-12-4-6-13(7-5-12)26-15(29)10-35-14-3-1-2-11(8-14)17-18-20(36-21-19(17)37-24(34)27-21)23(33)28(22(18)32)9-16(30)31/h1-8,17-18,20H,9-10H2,(H,26,29)(H,27,34)(H,30,31)/t17-,18+,20-/m0/s1. The fraction of sp³-hybridized carbons (Fsp3) is 0.208. The van der Waals surface area contributed by atoms with Crippen LogP contribution in [0.3, 0.4) is 0 Å². The highest BCUT2D eigenvalue weighted by atomic mass is 32.2. The molecule has 1 fully saturated rings. The van der Waals surface area contributed by atoms with Gasteiger partial charge in [-0.25, -0.2) is 4.39 Å². The van der Waals surface area contributed by atoms with Gasteiger partial charge in [0.1, 0.15) is 23.4 Å². The average Bonchev–Trinajstić information content (AvgIpc) is 3.34. The first-order chi connectivity index (χ1) is 17.7. The molecule has 2 aliphatic rings. The zero-order valence-corrected chi connectivity index (χ0v) is 20.4. The second-order valence-electron chi connectivity index (χ2n) is 8.32. The van der Waals surface area contributed by atoms with Gasteiger partial charge >= 0.3 is 10.8 Å². The number of likely N-dealkylation sites (tertiary alicyclic amines) is 1. The summed E-state index contributed by atoms with van der Waals surface area (Å²) in [5.74, 6) is -4.74. The van der Waals surface area contributed by atoms with Gasteiger partial charge in [0.15, 0.2) is 6.61 Å². The Kier molecular flexibility index (Phi) is 6.56. The monoisotopic (exact) mass is 543 g/mol. The number of ether oxygens (including phenoxy) is 1. The van der Waals surface area contributed by atoms with Gasteiger partial charge in [0.25, 0.3) is 5.91 Å². The number of hydrogen-bond donors (Lipinski definition) is 3. The van der Waals surface area contributed by atoms with Crippen LogP contribution >= 0.6 is 23.1 Å². The average molecular weight is 544 g/mol. The summed E-state index contributed by atoms with van der Waals surface area (Å²) >= 11 is 1.98. The van der Waals surface area contributed by atoms with Gasteiger partial charge in [-0.05, 0) is 42.0 Å². The van der Waals surface area contributed by atoms with Crippen molar-refractivity contribution in [3.05, 3.63) is 74.5 Å². The SMILES string of the molecule is O=C(O)CN1C(=O)[C@@H]2[C@H](c3cccc(OCC(=O)Nc4ccc(F)cc4)c3)c3sc(=O)[nH]c3S[C@@H]2C1=O. The summed E-state index contributed by atoms with van der Waals surface area (Å²) in [5, 5.41) is 11.3. The lowest BCUT2D eigenvalue weighted by Gasteiger charge is -2.30. The number of thioether (sulfide) groups is 1. The number of thiazole rings is 1. The summed E-state index contributed by atoms with van der Waals surface area (Å²) < 4.78 is 18.7. The van der Waals surface area contributed by atoms with Gasteiger partial charge < -0.3 is 20.1 Å². The summed E-state index contributed by atoms with van der Waals surface area (Å²) in [5.41, 5.74) is 0.973. The fourth-order valence-electron chi connectivity index (χ4n) is 4.40. The van der Waals surface area contributed by atoms with E-state index in [9.17, 15) is 33.5 Å². The molecule has 0 spiro atoms. The zero-order chi connectivity index (χ0) is 26.3. The van der Waals surface area contributed by atoms with Gasteiger partial charge in [0.2, 0.25) is 11.8 Å². The number of carboxylic acids is 1. The highest BCUT2D eigenvalue weighted by Crippen LogP contribution is 2.52. The van der Waals surface area contributed by atoms with E-state index in [1.807, 2.05) is 0 Å². The molecular weight excluding hydrogens is 525 g/mol. The van der Waals surface area contributed by atoms with Crippen molar-refractivity contribution in [2.45, 2.75) is 16.2 Å². The van der Waals surface area contributed by atoms with Gasteiger partial charge in [-0.1, -0.05) is 35.2 Å². The Hall–Kier alpha value is -3.97. The van der Waals surface area contributed by atoms with Crippen molar-refractivity contribution in [3.8, 4) is 5.75 Å². The number of nitrogens with one attached hydrogen (secondary N) is 2. The minimum atomic E-state index is -1.31. The van der Waals surface area contributed by atoms with Gasteiger partial charge in [-0.3, -0.25) is 28.9 Å². The largest absolute Gasteiger partial charge is 0.484 e. The first kappa shape index (κ1) is 24.7. The van der Waals surface area contributed by atoms with Crippen LogP contribution < -0.4 is 14.9 Å². The van der Waals surface area contributed by atoms with E-state index in [4.69, 9.17) is 4.74 Å². The Morgan fingerprint density at radius 2 is 1.86 bits per heavy atom. The van der Waals surface area contributed by atoms with Crippen LogP contribution in [0.2, 0.25) is 0 Å². The number of nitrogens with zero attached hydrogens (tertiary/aromatic N) is 1. The van der Waals surface area contributed by atoms with Gasteiger partial charge in [0.05, 0.1) is 10.9 Å². The molecular formula is C24H18FN3O7S2. The molecule has 0 radical (unpaired) electrons. The van der Waals surface area contributed by atoms with Crippen LogP contribution in [-0.2, 0) is 19.2 Å². The second kappa shape index (κ2) is 9.82. The number of aliphatic carboxylic acids is 1. The van der Waals surface area contributed by atoms with Crippen molar-refractivity contribution in [2.75, 3.05) is 18.5 Å². The molecule has 10 nitrogen and oxygen atoms in total. The number of anilines is 1. The predicted molar refractivity (Wildman–Crippen MR) is 131 cm³/mol. The molecule has 3 N–H and O–H groups in total. The number of halogens is 1. The van der Waals surface area contributed by atoms with Gasteiger partial charge in [-0.15, -0.1) is 0 Å². The molecule has 1 saturated heterocycles. The van der Waals surface area contributed by atoms with Crippen LogP contribution in [0.5, 0.6) is 5.75 Å². The number of imide groups is 1. The van der Waals surface area contributed by atoms with Crippen LogP contribution in [0, 0.1) is 11.7 Å². The summed E-state index contributed by atoms with van der Waals surface area (Å²) in [6, 6.07) is 11.9. The van der Waals surface area contributed by atoms with E-state index in [0.717, 1.165) is 28.0 Å². The fourth-order valence-corrected chi connectivity index (χ4v) is 6.94. The molecule has 2 aromatic carbocycles. The molecule has 3 aromatic rings. The van der Waals surface area contributed by atoms with Crippen LogP contribution in [0.4, 0.5) is 10.1 Å². The molecule has 0 saturated carbocycles. The van der Waals surface area contributed by atoms with E-state index in [1.165, 1.54) is 24.3 Å². The number of carboxylic acid groups (broad SMARTS) is 1. The molecule has 13 heteroatoms. The van der Waals surface area contributed by atoms with Crippen molar-refractivity contribution < 1.29 is 33.4 Å².